The maximum atomic E-state index is 13.7. The zero-order chi connectivity index (χ0) is 22.7. The maximum absolute atomic E-state index is 13.7. The topological polar surface area (TPSA) is 60.9 Å². The number of rotatable bonds is 5. The molecule has 0 unspecified atom stereocenters. The first kappa shape index (κ1) is 23.6. The monoisotopic (exact) mass is 461 g/mol. The lowest BCUT2D eigenvalue weighted by atomic mass is 9.86. The number of benzene rings is 1. The predicted octanol–water partition coefficient (Wildman–Crippen LogP) is 4.50. The molecule has 2 aliphatic heterocycles. The van der Waals surface area contributed by atoms with E-state index in [-0.39, 0.29) is 11.9 Å². The van der Waals surface area contributed by atoms with Gasteiger partial charge in [-0.1, -0.05) is 13.3 Å². The SMILES string of the molecule is CC1CCC(N(C)C(=O)c2ccc(N3CCCCC3)c(S(=O)(=O)N3CCCCC3)c2)CC1. The second kappa shape index (κ2) is 10.1. The second-order valence-electron chi connectivity index (χ2n) is 10.0. The largest absolute Gasteiger partial charge is 0.370 e. The van der Waals surface area contributed by atoms with Crippen LogP contribution in [-0.2, 0) is 10.0 Å². The lowest BCUT2D eigenvalue weighted by Crippen LogP contribution is -2.40. The summed E-state index contributed by atoms with van der Waals surface area (Å²) in [6.07, 6.45) is 10.6. The van der Waals surface area contributed by atoms with Crippen LogP contribution in [0.15, 0.2) is 23.1 Å². The van der Waals surface area contributed by atoms with E-state index in [9.17, 15) is 13.2 Å². The highest BCUT2D eigenvalue weighted by Gasteiger charge is 2.32. The Balaban J connectivity index is 1.65. The van der Waals surface area contributed by atoms with Gasteiger partial charge in [-0.15, -0.1) is 0 Å². The fourth-order valence-electron chi connectivity index (χ4n) is 5.49. The molecule has 0 N–H and O–H groups in total. The molecule has 2 saturated heterocycles. The molecule has 6 nitrogen and oxygen atoms in total. The molecule has 0 spiro atoms. The molecule has 3 fully saturated rings. The molecule has 0 bridgehead atoms. The van der Waals surface area contributed by atoms with Gasteiger partial charge in [0.05, 0.1) is 5.69 Å². The first-order valence-electron chi connectivity index (χ1n) is 12.5. The number of carbonyl (C=O) groups excluding carboxylic acids is 1. The summed E-state index contributed by atoms with van der Waals surface area (Å²) in [6.45, 7) is 5.15. The van der Waals surface area contributed by atoms with Crippen molar-refractivity contribution < 1.29 is 13.2 Å². The number of hydrogen-bond acceptors (Lipinski definition) is 4. The van der Waals surface area contributed by atoms with Gasteiger partial charge in [-0.3, -0.25) is 4.79 Å². The van der Waals surface area contributed by atoms with E-state index in [4.69, 9.17) is 0 Å². The second-order valence-corrected chi connectivity index (χ2v) is 11.9. The van der Waals surface area contributed by atoms with Crippen LogP contribution in [0.1, 0.15) is 81.5 Å². The Labute approximate surface area is 194 Å². The number of anilines is 1. The molecule has 32 heavy (non-hydrogen) atoms. The number of nitrogens with zero attached hydrogens (tertiary/aromatic N) is 3. The smallest absolute Gasteiger partial charge is 0.253 e. The van der Waals surface area contributed by atoms with Crippen molar-refractivity contribution in [3.63, 3.8) is 0 Å². The van der Waals surface area contributed by atoms with Gasteiger partial charge in [0, 0.05) is 44.8 Å². The van der Waals surface area contributed by atoms with Crippen LogP contribution >= 0.6 is 0 Å². The van der Waals surface area contributed by atoms with Crippen molar-refractivity contribution in [3.05, 3.63) is 23.8 Å². The van der Waals surface area contributed by atoms with E-state index < -0.39 is 10.0 Å². The lowest BCUT2D eigenvalue weighted by Gasteiger charge is -2.35. The molecule has 1 saturated carbocycles. The first-order chi connectivity index (χ1) is 15.4. The third-order valence-corrected chi connectivity index (χ3v) is 9.62. The molecule has 178 valence electrons. The minimum Gasteiger partial charge on any atom is -0.370 e. The van der Waals surface area contributed by atoms with Crippen LogP contribution in [0.5, 0.6) is 0 Å². The van der Waals surface area contributed by atoms with E-state index >= 15 is 0 Å². The average Bonchev–Trinajstić information content (AvgIpc) is 2.84. The zero-order valence-electron chi connectivity index (χ0n) is 19.8. The first-order valence-corrected chi connectivity index (χ1v) is 14.0. The van der Waals surface area contributed by atoms with Gasteiger partial charge < -0.3 is 9.80 Å². The zero-order valence-corrected chi connectivity index (χ0v) is 20.6. The van der Waals surface area contributed by atoms with E-state index in [0.29, 0.717) is 23.5 Å². The van der Waals surface area contributed by atoms with Gasteiger partial charge in [0.15, 0.2) is 0 Å². The van der Waals surface area contributed by atoms with Crippen LogP contribution in [0.2, 0.25) is 0 Å². The van der Waals surface area contributed by atoms with Crippen molar-refractivity contribution in [2.24, 2.45) is 5.92 Å². The quantitative estimate of drug-likeness (QED) is 0.648. The fraction of sp³-hybridized carbons (Fsp3) is 0.720. The van der Waals surface area contributed by atoms with Gasteiger partial charge in [-0.25, -0.2) is 8.42 Å². The van der Waals surface area contributed by atoms with Crippen LogP contribution in [0.4, 0.5) is 5.69 Å². The lowest BCUT2D eigenvalue weighted by molar-refractivity contribution is 0.0679. The summed E-state index contributed by atoms with van der Waals surface area (Å²) < 4.78 is 29.0. The van der Waals surface area contributed by atoms with E-state index in [1.165, 1.54) is 6.42 Å². The fourth-order valence-corrected chi connectivity index (χ4v) is 7.25. The summed E-state index contributed by atoms with van der Waals surface area (Å²) in [7, 11) is -1.76. The van der Waals surface area contributed by atoms with Gasteiger partial charge in [-0.05, 0) is 81.9 Å². The van der Waals surface area contributed by atoms with Gasteiger partial charge >= 0.3 is 0 Å². The molecule has 0 radical (unpaired) electrons. The van der Waals surface area contributed by atoms with Crippen molar-refractivity contribution in [1.82, 2.24) is 9.21 Å². The Kier molecular flexibility index (Phi) is 7.45. The predicted molar refractivity (Wildman–Crippen MR) is 129 cm³/mol. The van der Waals surface area contributed by atoms with E-state index in [1.54, 1.807) is 10.4 Å². The van der Waals surface area contributed by atoms with Crippen molar-refractivity contribution in [1.29, 1.82) is 0 Å². The highest BCUT2D eigenvalue weighted by Crippen LogP contribution is 2.33. The molecule has 2 heterocycles. The highest BCUT2D eigenvalue weighted by molar-refractivity contribution is 7.89. The van der Waals surface area contributed by atoms with Gasteiger partial charge in [0.2, 0.25) is 10.0 Å². The van der Waals surface area contributed by atoms with E-state index in [0.717, 1.165) is 82.5 Å². The number of amides is 1. The number of sulfonamides is 1. The summed E-state index contributed by atoms with van der Waals surface area (Å²) in [5, 5.41) is 0. The Morgan fingerprint density at radius 2 is 1.50 bits per heavy atom. The van der Waals surface area contributed by atoms with Crippen LogP contribution in [0.25, 0.3) is 0 Å². The number of piperidine rings is 2. The summed E-state index contributed by atoms with van der Waals surface area (Å²) in [5.74, 6) is 0.657. The molecule has 1 aromatic rings. The molecule has 1 amide bonds. The third-order valence-electron chi connectivity index (χ3n) is 7.69. The molecule has 0 atom stereocenters. The highest BCUT2D eigenvalue weighted by atomic mass is 32.2. The summed E-state index contributed by atoms with van der Waals surface area (Å²) in [6, 6.07) is 5.62. The van der Waals surface area contributed by atoms with Crippen molar-refractivity contribution in [2.45, 2.75) is 82.1 Å². The van der Waals surface area contributed by atoms with Crippen LogP contribution in [0.3, 0.4) is 0 Å². The normalized spacial score (nSPS) is 25.5. The Morgan fingerprint density at radius 3 is 2.12 bits per heavy atom. The number of carbonyl (C=O) groups is 1. The van der Waals surface area contributed by atoms with E-state index in [2.05, 4.69) is 11.8 Å². The molecule has 1 aromatic carbocycles. The summed E-state index contributed by atoms with van der Waals surface area (Å²) >= 11 is 0. The summed E-state index contributed by atoms with van der Waals surface area (Å²) in [4.78, 5) is 17.7. The molecular weight excluding hydrogens is 422 g/mol. The van der Waals surface area contributed by atoms with Gasteiger partial charge in [0.1, 0.15) is 4.90 Å². The van der Waals surface area contributed by atoms with Crippen LogP contribution < -0.4 is 4.90 Å². The standard InChI is InChI=1S/C25H39N3O3S/c1-20-9-12-22(13-10-20)26(2)25(29)21-11-14-23(27-15-5-3-6-16-27)24(19-21)32(30,31)28-17-7-4-8-18-28/h11,14,19-20,22H,3-10,12-13,15-18H2,1-2H3. The van der Waals surface area contributed by atoms with E-state index in [1.807, 2.05) is 24.1 Å². The molecule has 3 aliphatic rings. The third kappa shape index (κ3) is 4.98. The molecule has 4 rings (SSSR count). The maximum Gasteiger partial charge on any atom is 0.253 e. The molecule has 0 aromatic heterocycles. The molecule has 1 aliphatic carbocycles. The Morgan fingerprint density at radius 1 is 0.906 bits per heavy atom. The number of hydrogen-bond donors (Lipinski definition) is 0. The minimum absolute atomic E-state index is 0.0650. The van der Waals surface area contributed by atoms with Crippen LogP contribution in [0, 0.1) is 5.92 Å². The Bertz CT molecular complexity index is 897. The van der Waals surface area contributed by atoms with Crippen LogP contribution in [-0.4, -0.2) is 62.8 Å². The van der Waals surface area contributed by atoms with Crippen molar-refractivity contribution in [2.75, 3.05) is 38.1 Å². The van der Waals surface area contributed by atoms with Gasteiger partial charge in [0.25, 0.3) is 5.91 Å². The Hall–Kier alpha value is -1.60. The average molecular weight is 462 g/mol. The molecule has 7 heteroatoms. The van der Waals surface area contributed by atoms with Crippen molar-refractivity contribution in [3.8, 4) is 0 Å². The minimum atomic E-state index is -3.63. The summed E-state index contributed by atoms with van der Waals surface area (Å²) in [5.41, 5.74) is 1.25. The van der Waals surface area contributed by atoms with Crippen molar-refractivity contribution >= 4 is 21.6 Å². The van der Waals surface area contributed by atoms with Gasteiger partial charge in [-0.2, -0.15) is 4.31 Å². The molecular formula is C25H39N3O3S.